The van der Waals surface area contributed by atoms with Gasteiger partial charge in [0.05, 0.1) is 4.92 Å². The number of nitrogens with zero attached hydrogens (tertiary/aromatic N) is 2. The first-order valence-corrected chi connectivity index (χ1v) is 13.5. The average molecular weight is 610 g/mol. The summed E-state index contributed by atoms with van der Waals surface area (Å²) < 4.78 is 10.0. The second-order valence-corrected chi connectivity index (χ2v) is 10.0. The van der Waals surface area contributed by atoms with Gasteiger partial charge >= 0.3 is 6.16 Å². The van der Waals surface area contributed by atoms with E-state index >= 15 is 0 Å². The summed E-state index contributed by atoms with van der Waals surface area (Å²) in [6.45, 7) is 4.64. The van der Waals surface area contributed by atoms with E-state index in [-0.39, 0.29) is 36.9 Å². The molecule has 2 aromatic rings. The third-order valence-electron chi connectivity index (χ3n) is 6.31. The first kappa shape index (κ1) is 32.9. The molecule has 0 radical (unpaired) electrons. The van der Waals surface area contributed by atoms with Gasteiger partial charge in [0.25, 0.3) is 17.5 Å². The number of carbonyl (C=O) groups excluding carboxylic acids is 6. The number of ether oxygens (including phenoxy) is 2. The molecule has 15 nitrogen and oxygen atoms in total. The molecule has 0 bridgehead atoms. The lowest BCUT2D eigenvalue weighted by Crippen LogP contribution is -2.54. The summed E-state index contributed by atoms with van der Waals surface area (Å²) in [6.07, 6.45) is 1.04. The number of rotatable bonds is 13. The van der Waals surface area contributed by atoms with Gasteiger partial charge in [-0.15, -0.1) is 0 Å². The van der Waals surface area contributed by atoms with Crippen molar-refractivity contribution >= 4 is 47.1 Å². The summed E-state index contributed by atoms with van der Waals surface area (Å²) in [5.41, 5.74) is 0.832. The summed E-state index contributed by atoms with van der Waals surface area (Å²) in [4.78, 5) is 84.2. The number of imide groups is 1. The molecule has 5 amide bonds. The van der Waals surface area contributed by atoms with Crippen LogP contribution >= 0.6 is 0 Å². The zero-order valence-electron chi connectivity index (χ0n) is 24.1. The van der Waals surface area contributed by atoms with Gasteiger partial charge in [0.1, 0.15) is 24.4 Å². The smallest absolute Gasteiger partial charge is 0.429 e. The lowest BCUT2D eigenvalue weighted by Gasteiger charge is -2.24. The molecule has 44 heavy (non-hydrogen) atoms. The van der Waals surface area contributed by atoms with E-state index in [1.165, 1.54) is 31.2 Å². The molecule has 15 heteroatoms. The molecule has 232 valence electrons. The topological polar surface area (TPSA) is 203 Å². The molecular weight excluding hydrogens is 578 g/mol. The van der Waals surface area contributed by atoms with E-state index in [0.29, 0.717) is 11.3 Å². The molecule has 1 aliphatic rings. The first-order chi connectivity index (χ1) is 20.8. The number of benzene rings is 2. The van der Waals surface area contributed by atoms with Crippen LogP contribution in [-0.4, -0.2) is 64.1 Å². The van der Waals surface area contributed by atoms with Gasteiger partial charge in [0.2, 0.25) is 17.7 Å². The van der Waals surface area contributed by atoms with Gasteiger partial charge in [0, 0.05) is 42.9 Å². The number of non-ortho nitro benzene ring substituents is 1. The van der Waals surface area contributed by atoms with Gasteiger partial charge in [-0.05, 0) is 42.7 Å². The van der Waals surface area contributed by atoms with E-state index in [1.807, 2.05) is 0 Å². The van der Waals surface area contributed by atoms with Crippen LogP contribution in [0.4, 0.5) is 16.2 Å². The quantitative estimate of drug-likeness (QED) is 0.0993. The van der Waals surface area contributed by atoms with Gasteiger partial charge in [0.15, 0.2) is 0 Å². The number of hydrogen-bond acceptors (Lipinski definition) is 10. The number of hydrogen-bond donors (Lipinski definition) is 3. The number of carbonyl (C=O) groups is 6. The van der Waals surface area contributed by atoms with Crippen LogP contribution in [-0.2, 0) is 35.3 Å². The van der Waals surface area contributed by atoms with Gasteiger partial charge in [-0.2, -0.15) is 0 Å². The summed E-state index contributed by atoms with van der Waals surface area (Å²) in [5, 5.41) is 18.5. The van der Waals surface area contributed by atoms with Crippen LogP contribution in [0.2, 0.25) is 0 Å². The fourth-order valence-corrected chi connectivity index (χ4v) is 3.85. The molecule has 0 aromatic heterocycles. The maximum Gasteiger partial charge on any atom is 0.514 e. The van der Waals surface area contributed by atoms with Crippen LogP contribution in [0.1, 0.15) is 32.8 Å². The minimum atomic E-state index is -1.01. The molecule has 1 aliphatic heterocycles. The molecule has 1 heterocycles. The maximum atomic E-state index is 12.9. The van der Waals surface area contributed by atoms with Gasteiger partial charge < -0.3 is 25.4 Å². The standard InChI is InChI=1S/C29H31N5O10/c1-17(2)26(32-23(35)14-15-33-24(36)12-13-25(33)37)28(39)30-18(3)27(38)31-20-6-4-19(5-7-20)16-43-29(40)44-22-10-8-21(9-11-22)34(41)42/h4-13,17-18,26H,14-16H2,1-3H3,(H,30,39)(H,31,38)(H,32,35)/t18-,26-/m0/s1. The molecule has 2 aromatic carbocycles. The van der Waals surface area contributed by atoms with Crippen LogP contribution in [0.25, 0.3) is 0 Å². The lowest BCUT2D eigenvalue weighted by atomic mass is 10.0. The Hall–Kier alpha value is -5.60. The Bertz CT molecular complexity index is 1440. The van der Waals surface area contributed by atoms with Crippen LogP contribution in [0.5, 0.6) is 5.75 Å². The summed E-state index contributed by atoms with van der Waals surface area (Å²) >= 11 is 0. The molecule has 0 aliphatic carbocycles. The third-order valence-corrected chi connectivity index (χ3v) is 6.31. The van der Waals surface area contributed by atoms with Crippen molar-refractivity contribution in [2.75, 3.05) is 11.9 Å². The van der Waals surface area contributed by atoms with E-state index < -0.39 is 52.7 Å². The first-order valence-electron chi connectivity index (χ1n) is 13.5. The van der Waals surface area contributed by atoms with Crippen molar-refractivity contribution < 1.29 is 43.2 Å². The second kappa shape index (κ2) is 15.0. The molecule has 0 unspecified atom stereocenters. The molecule has 0 saturated heterocycles. The summed E-state index contributed by atoms with van der Waals surface area (Å²) in [6, 6.07) is 9.30. The van der Waals surface area contributed by atoms with Crippen molar-refractivity contribution in [2.45, 2.75) is 45.9 Å². The molecule has 0 saturated carbocycles. The van der Waals surface area contributed by atoms with E-state index in [1.54, 1.807) is 38.1 Å². The average Bonchev–Trinajstić information content (AvgIpc) is 3.30. The fraction of sp³-hybridized carbons (Fsp3) is 0.310. The highest BCUT2D eigenvalue weighted by atomic mass is 16.7. The Morgan fingerprint density at radius 1 is 0.886 bits per heavy atom. The van der Waals surface area contributed by atoms with Crippen molar-refractivity contribution in [3.63, 3.8) is 0 Å². The van der Waals surface area contributed by atoms with Crippen LogP contribution in [0, 0.1) is 16.0 Å². The predicted molar refractivity (Wildman–Crippen MR) is 154 cm³/mol. The summed E-state index contributed by atoms with van der Waals surface area (Å²) in [7, 11) is 0. The van der Waals surface area contributed by atoms with E-state index in [9.17, 15) is 38.9 Å². The SMILES string of the molecule is CC(C)[C@H](NC(=O)CCN1C(=O)C=CC1=O)C(=O)N[C@@H](C)C(=O)Nc1ccc(COC(=O)Oc2ccc([N+](=O)[O-])cc2)cc1. The minimum Gasteiger partial charge on any atom is -0.429 e. The zero-order valence-corrected chi connectivity index (χ0v) is 24.1. The Kier molecular flexibility index (Phi) is 11.2. The van der Waals surface area contributed by atoms with Crippen LogP contribution in [0.15, 0.2) is 60.7 Å². The second-order valence-electron chi connectivity index (χ2n) is 10.0. The maximum absolute atomic E-state index is 12.9. The van der Waals surface area contributed by atoms with Crippen LogP contribution < -0.4 is 20.7 Å². The van der Waals surface area contributed by atoms with Gasteiger partial charge in [-0.1, -0.05) is 26.0 Å². The number of amides is 5. The number of nitro benzene ring substituents is 1. The minimum absolute atomic E-state index is 0.0765. The van der Waals surface area contributed by atoms with Crippen molar-refractivity contribution in [2.24, 2.45) is 5.92 Å². The van der Waals surface area contributed by atoms with Crippen LogP contribution in [0.3, 0.4) is 0 Å². The highest BCUT2D eigenvalue weighted by molar-refractivity contribution is 6.13. The Morgan fingerprint density at radius 3 is 2.07 bits per heavy atom. The third kappa shape index (κ3) is 9.47. The molecule has 3 rings (SSSR count). The summed E-state index contributed by atoms with van der Waals surface area (Å²) in [5.74, 6) is -2.91. The molecule has 2 atom stereocenters. The van der Waals surface area contributed by atoms with Crippen molar-refractivity contribution in [3.8, 4) is 5.75 Å². The normalized spacial score (nSPS) is 13.7. The van der Waals surface area contributed by atoms with E-state index in [0.717, 1.165) is 17.1 Å². The molecular formula is C29H31N5O10. The predicted octanol–water partition coefficient (Wildman–Crippen LogP) is 2.21. The number of nitrogens with one attached hydrogen (secondary N) is 3. The number of anilines is 1. The highest BCUT2D eigenvalue weighted by Crippen LogP contribution is 2.18. The Labute approximate surface area is 251 Å². The van der Waals surface area contributed by atoms with Gasteiger partial charge in [-0.3, -0.25) is 39.0 Å². The van der Waals surface area contributed by atoms with Crippen molar-refractivity contribution in [1.82, 2.24) is 15.5 Å². The monoisotopic (exact) mass is 609 g/mol. The van der Waals surface area contributed by atoms with E-state index in [4.69, 9.17) is 9.47 Å². The number of nitro groups is 1. The lowest BCUT2D eigenvalue weighted by molar-refractivity contribution is -0.384. The molecule has 0 fully saturated rings. The van der Waals surface area contributed by atoms with Crippen molar-refractivity contribution in [3.05, 3.63) is 76.4 Å². The zero-order chi connectivity index (χ0) is 32.4. The van der Waals surface area contributed by atoms with Gasteiger partial charge in [-0.25, -0.2) is 4.79 Å². The Balaban J connectivity index is 1.43. The Morgan fingerprint density at radius 2 is 1.50 bits per heavy atom. The van der Waals surface area contributed by atoms with E-state index in [2.05, 4.69) is 16.0 Å². The molecule has 0 spiro atoms. The molecule has 3 N–H and O–H groups in total. The fourth-order valence-electron chi connectivity index (χ4n) is 3.85. The van der Waals surface area contributed by atoms with Crippen molar-refractivity contribution in [1.29, 1.82) is 0 Å². The largest absolute Gasteiger partial charge is 0.514 e. The highest BCUT2D eigenvalue weighted by Gasteiger charge is 2.28.